The van der Waals surface area contributed by atoms with Crippen LogP contribution in [-0.4, -0.2) is 6.61 Å². The summed E-state index contributed by atoms with van der Waals surface area (Å²) in [5, 5.41) is 0. The molecule has 0 heterocycles. The molecule has 0 amide bonds. The van der Waals surface area contributed by atoms with Crippen LogP contribution in [0.2, 0.25) is 0 Å². The number of aryl methyl sites for hydroxylation is 1. The van der Waals surface area contributed by atoms with Gasteiger partial charge in [0, 0.05) is 4.48 Å². The summed E-state index contributed by atoms with van der Waals surface area (Å²) in [6.07, 6.45) is 0. The third kappa shape index (κ3) is 3.53. The fraction of sp³-hybridized carbons (Fsp3) is 0.200. The van der Waals surface area contributed by atoms with Crippen molar-refractivity contribution in [1.82, 2.24) is 0 Å². The molecule has 1 aromatic carbocycles. The van der Waals surface area contributed by atoms with Gasteiger partial charge in [-0.25, -0.2) is 0 Å². The molecular weight excluding hydrogens is 296 g/mol. The second kappa shape index (κ2) is 4.82. The van der Waals surface area contributed by atoms with Crippen molar-refractivity contribution in [2.24, 2.45) is 0 Å². The van der Waals surface area contributed by atoms with Crippen molar-refractivity contribution in [3.05, 3.63) is 39.3 Å². The maximum atomic E-state index is 5.46. The van der Waals surface area contributed by atoms with Gasteiger partial charge in [0.1, 0.15) is 12.4 Å². The molecule has 0 radical (unpaired) electrons. The van der Waals surface area contributed by atoms with Gasteiger partial charge in [-0.3, -0.25) is 0 Å². The predicted molar refractivity (Wildman–Crippen MR) is 62.4 cm³/mol. The molecule has 70 valence electrons. The third-order valence-corrected chi connectivity index (χ3v) is 2.32. The Bertz CT molecular complexity index is 321. The molecule has 0 aromatic heterocycles. The molecule has 0 fully saturated rings. The van der Waals surface area contributed by atoms with Gasteiger partial charge in [0.2, 0.25) is 0 Å². The zero-order valence-corrected chi connectivity index (χ0v) is 10.5. The van der Waals surface area contributed by atoms with Gasteiger partial charge in [0.15, 0.2) is 0 Å². The summed E-state index contributed by atoms with van der Waals surface area (Å²) < 4.78 is 7.27. The van der Waals surface area contributed by atoms with Gasteiger partial charge in [-0.1, -0.05) is 28.6 Å². The molecule has 0 spiro atoms. The van der Waals surface area contributed by atoms with E-state index in [-0.39, 0.29) is 0 Å². The first-order chi connectivity index (χ1) is 6.09. The molecule has 0 saturated heterocycles. The number of hydrogen-bond donors (Lipinski definition) is 0. The van der Waals surface area contributed by atoms with E-state index in [1.165, 1.54) is 5.56 Å². The molecular formula is C10H10Br2O. The summed E-state index contributed by atoms with van der Waals surface area (Å²) in [7, 11) is 0. The Morgan fingerprint density at radius 1 is 1.54 bits per heavy atom. The lowest BCUT2D eigenvalue weighted by Crippen LogP contribution is -1.96. The van der Waals surface area contributed by atoms with Crippen molar-refractivity contribution in [1.29, 1.82) is 0 Å². The minimum absolute atomic E-state index is 0.488. The smallest absolute Gasteiger partial charge is 0.134 e. The standard InChI is InChI=1S/C10H10Br2O/c1-7-3-4-10(9(12)5-7)13-6-8(2)11/h3-5H,2,6H2,1H3. The largest absolute Gasteiger partial charge is 0.487 e. The lowest BCUT2D eigenvalue weighted by molar-refractivity contribution is 0.358. The van der Waals surface area contributed by atoms with E-state index in [9.17, 15) is 0 Å². The van der Waals surface area contributed by atoms with E-state index in [0.29, 0.717) is 6.61 Å². The van der Waals surface area contributed by atoms with E-state index in [4.69, 9.17) is 4.74 Å². The minimum atomic E-state index is 0.488. The highest BCUT2D eigenvalue weighted by Gasteiger charge is 2.00. The van der Waals surface area contributed by atoms with Gasteiger partial charge in [-0.05, 0) is 40.5 Å². The minimum Gasteiger partial charge on any atom is -0.487 e. The maximum absolute atomic E-state index is 5.46. The van der Waals surface area contributed by atoms with Gasteiger partial charge in [-0.15, -0.1) is 0 Å². The predicted octanol–water partition coefficient (Wildman–Crippen LogP) is 4.04. The number of rotatable bonds is 3. The first kappa shape index (κ1) is 10.8. The molecule has 0 aliphatic rings. The normalized spacial score (nSPS) is 9.77. The monoisotopic (exact) mass is 304 g/mol. The van der Waals surface area contributed by atoms with Gasteiger partial charge in [-0.2, -0.15) is 0 Å². The summed E-state index contributed by atoms with van der Waals surface area (Å²) in [6, 6.07) is 5.97. The quantitative estimate of drug-likeness (QED) is 0.819. The Balaban J connectivity index is 2.72. The number of benzene rings is 1. The van der Waals surface area contributed by atoms with Crippen LogP contribution in [0.5, 0.6) is 5.75 Å². The molecule has 0 bridgehead atoms. The summed E-state index contributed by atoms with van der Waals surface area (Å²) in [6.45, 7) is 6.22. The van der Waals surface area contributed by atoms with Gasteiger partial charge in [0.25, 0.3) is 0 Å². The Labute approximate surface area is 95.1 Å². The highest BCUT2D eigenvalue weighted by atomic mass is 79.9. The Morgan fingerprint density at radius 3 is 2.77 bits per heavy atom. The van der Waals surface area contributed by atoms with Crippen molar-refractivity contribution in [3.8, 4) is 5.75 Å². The van der Waals surface area contributed by atoms with Crippen LogP contribution in [0, 0.1) is 6.92 Å². The first-order valence-corrected chi connectivity index (χ1v) is 5.40. The first-order valence-electron chi connectivity index (χ1n) is 3.82. The fourth-order valence-electron chi connectivity index (χ4n) is 0.879. The lowest BCUT2D eigenvalue weighted by Gasteiger charge is -2.07. The highest BCUT2D eigenvalue weighted by molar-refractivity contribution is 9.11. The van der Waals surface area contributed by atoms with Crippen LogP contribution in [0.4, 0.5) is 0 Å². The molecule has 0 aliphatic heterocycles. The average molecular weight is 306 g/mol. The summed E-state index contributed by atoms with van der Waals surface area (Å²) in [5.41, 5.74) is 1.21. The topological polar surface area (TPSA) is 9.23 Å². The highest BCUT2D eigenvalue weighted by Crippen LogP contribution is 2.26. The molecule has 0 unspecified atom stereocenters. The van der Waals surface area contributed by atoms with Gasteiger partial charge < -0.3 is 4.74 Å². The van der Waals surface area contributed by atoms with Crippen LogP contribution in [0.3, 0.4) is 0 Å². The summed E-state index contributed by atoms with van der Waals surface area (Å²) in [5.74, 6) is 0.839. The zero-order chi connectivity index (χ0) is 9.84. The van der Waals surface area contributed by atoms with E-state index in [1.807, 2.05) is 25.1 Å². The Kier molecular flexibility index (Phi) is 4.00. The van der Waals surface area contributed by atoms with E-state index in [2.05, 4.69) is 38.4 Å². The number of ether oxygens (including phenoxy) is 1. The van der Waals surface area contributed by atoms with Gasteiger partial charge in [0.05, 0.1) is 4.47 Å². The maximum Gasteiger partial charge on any atom is 0.134 e. The molecule has 1 nitrogen and oxygen atoms in total. The van der Waals surface area contributed by atoms with Crippen molar-refractivity contribution in [2.45, 2.75) is 6.92 Å². The molecule has 0 aliphatic carbocycles. The van der Waals surface area contributed by atoms with Crippen molar-refractivity contribution in [3.63, 3.8) is 0 Å². The van der Waals surface area contributed by atoms with Crippen molar-refractivity contribution < 1.29 is 4.74 Å². The number of halogens is 2. The van der Waals surface area contributed by atoms with E-state index >= 15 is 0 Å². The van der Waals surface area contributed by atoms with Crippen LogP contribution in [0.1, 0.15) is 5.56 Å². The SMILES string of the molecule is C=C(Br)COc1ccc(C)cc1Br. The fourth-order valence-corrected chi connectivity index (χ4v) is 1.60. The van der Waals surface area contributed by atoms with Crippen molar-refractivity contribution in [2.75, 3.05) is 6.61 Å². The van der Waals surface area contributed by atoms with Gasteiger partial charge >= 0.3 is 0 Å². The molecule has 1 aromatic rings. The molecule has 0 atom stereocenters. The second-order valence-corrected chi connectivity index (χ2v) is 4.72. The molecule has 0 saturated carbocycles. The molecule has 1 rings (SSSR count). The van der Waals surface area contributed by atoms with E-state index in [1.54, 1.807) is 0 Å². The molecule has 3 heteroatoms. The van der Waals surface area contributed by atoms with Crippen LogP contribution >= 0.6 is 31.9 Å². The molecule has 13 heavy (non-hydrogen) atoms. The summed E-state index contributed by atoms with van der Waals surface area (Å²) in [4.78, 5) is 0. The van der Waals surface area contributed by atoms with Crippen LogP contribution < -0.4 is 4.74 Å². The average Bonchev–Trinajstić information content (AvgIpc) is 2.02. The Morgan fingerprint density at radius 2 is 2.23 bits per heavy atom. The van der Waals surface area contributed by atoms with Crippen LogP contribution in [-0.2, 0) is 0 Å². The zero-order valence-electron chi connectivity index (χ0n) is 7.31. The third-order valence-electron chi connectivity index (χ3n) is 1.47. The van der Waals surface area contributed by atoms with Crippen molar-refractivity contribution >= 4 is 31.9 Å². The van der Waals surface area contributed by atoms with E-state index < -0.39 is 0 Å². The van der Waals surface area contributed by atoms with Crippen LogP contribution in [0.25, 0.3) is 0 Å². The summed E-state index contributed by atoms with van der Waals surface area (Å²) >= 11 is 6.66. The Hall–Kier alpha value is -0.280. The molecule has 0 N–H and O–H groups in total. The second-order valence-electron chi connectivity index (χ2n) is 2.74. The number of hydrogen-bond acceptors (Lipinski definition) is 1. The van der Waals surface area contributed by atoms with Crippen LogP contribution in [0.15, 0.2) is 33.7 Å². The lowest BCUT2D eigenvalue weighted by atomic mass is 10.2. The van der Waals surface area contributed by atoms with E-state index in [0.717, 1.165) is 14.7 Å².